The molecule has 0 aromatic heterocycles. The van der Waals surface area contributed by atoms with Gasteiger partial charge in [0.15, 0.2) is 23.3 Å². The number of hydrogen-bond acceptors (Lipinski definition) is 8. The van der Waals surface area contributed by atoms with E-state index < -0.39 is 72.1 Å². The Labute approximate surface area is 192 Å². The molecule has 33 heavy (non-hydrogen) atoms. The second kappa shape index (κ2) is 14.6. The fraction of sp³-hybridized carbons (Fsp3) is 0.500. The van der Waals surface area contributed by atoms with E-state index in [1.807, 2.05) is 6.92 Å². The maximum absolute atomic E-state index is 14.3. The highest BCUT2D eigenvalue weighted by Crippen LogP contribution is 2.30. The highest BCUT2D eigenvalue weighted by Gasteiger charge is 2.33. The van der Waals surface area contributed by atoms with E-state index in [0.717, 1.165) is 0 Å². The third-order valence-electron chi connectivity index (χ3n) is 4.11. The topological polar surface area (TPSA) is 120 Å². The van der Waals surface area contributed by atoms with E-state index in [9.17, 15) is 31.9 Å². The molecule has 0 bridgehead atoms. The first kappa shape index (κ1) is 28.5. The number of thioether (sulfide) groups is 1. The van der Waals surface area contributed by atoms with Crippen LogP contribution in [0.4, 0.5) is 17.6 Å². The zero-order valence-electron chi connectivity index (χ0n) is 18.1. The highest BCUT2D eigenvalue weighted by atomic mass is 32.2. The molecule has 13 heteroatoms. The number of rotatable bonds is 12. The van der Waals surface area contributed by atoms with Gasteiger partial charge >= 0.3 is 11.9 Å². The van der Waals surface area contributed by atoms with Crippen LogP contribution < -0.4 is 11.1 Å². The molecule has 8 nitrogen and oxygen atoms in total. The molecule has 0 saturated carbocycles. The summed E-state index contributed by atoms with van der Waals surface area (Å²) in [4.78, 5) is 39.7. The van der Waals surface area contributed by atoms with Crippen LogP contribution in [-0.2, 0) is 23.9 Å². The van der Waals surface area contributed by atoms with E-state index in [4.69, 9.17) is 10.5 Å². The Bertz CT molecular complexity index is 859. The van der Waals surface area contributed by atoms with Gasteiger partial charge < -0.3 is 20.5 Å². The lowest BCUT2D eigenvalue weighted by Gasteiger charge is -2.18. The SMILES string of the molecule is CCOCCSC(C)=NCC(=O)OC(=O)C(CCNC(=O)CN)c1c(F)c(F)cc(F)c1F. The fourth-order valence-corrected chi connectivity index (χ4v) is 3.19. The molecule has 1 aromatic rings. The number of nitrogens with one attached hydrogen (secondary N) is 1. The molecule has 1 atom stereocenters. The smallest absolute Gasteiger partial charge is 0.335 e. The van der Waals surface area contributed by atoms with Crippen LogP contribution in [0.25, 0.3) is 0 Å². The second-order valence-electron chi connectivity index (χ2n) is 6.45. The molecule has 0 radical (unpaired) electrons. The van der Waals surface area contributed by atoms with Gasteiger partial charge in [0.05, 0.1) is 24.1 Å². The molecule has 0 spiro atoms. The molecule has 184 valence electrons. The van der Waals surface area contributed by atoms with Crippen molar-refractivity contribution in [1.82, 2.24) is 5.32 Å². The number of amides is 1. The molecular formula is C20H25F4N3O5S. The van der Waals surface area contributed by atoms with Crippen LogP contribution in [0.3, 0.4) is 0 Å². The first-order chi connectivity index (χ1) is 15.6. The predicted octanol–water partition coefficient (Wildman–Crippen LogP) is 2.05. The van der Waals surface area contributed by atoms with Crippen LogP contribution in [0.1, 0.15) is 31.7 Å². The lowest BCUT2D eigenvalue weighted by molar-refractivity contribution is -0.160. The molecule has 1 amide bonds. The van der Waals surface area contributed by atoms with Gasteiger partial charge in [0.1, 0.15) is 6.54 Å². The Balaban J connectivity index is 2.95. The standard InChI is InChI=1S/C20H25F4N3O5S/c1-3-31-6-7-33-11(2)27-10-16(29)32-20(30)12(4-5-26-15(28)9-25)17-18(23)13(21)8-14(22)19(17)24/h8,12H,3-7,9-10,25H2,1-2H3,(H,26,28). The van der Waals surface area contributed by atoms with Crippen molar-refractivity contribution in [3.8, 4) is 0 Å². The van der Waals surface area contributed by atoms with E-state index >= 15 is 0 Å². The number of ether oxygens (including phenoxy) is 2. The summed E-state index contributed by atoms with van der Waals surface area (Å²) >= 11 is 1.30. The second-order valence-corrected chi connectivity index (χ2v) is 7.74. The van der Waals surface area contributed by atoms with Crippen molar-refractivity contribution >= 4 is 34.7 Å². The summed E-state index contributed by atoms with van der Waals surface area (Å²) in [7, 11) is 0. The number of carbonyl (C=O) groups excluding carboxylic acids is 3. The summed E-state index contributed by atoms with van der Waals surface area (Å²) in [6, 6.07) is -0.0153. The Morgan fingerprint density at radius 3 is 2.39 bits per heavy atom. The summed E-state index contributed by atoms with van der Waals surface area (Å²) in [6.07, 6.45) is -0.524. The maximum Gasteiger partial charge on any atom is 0.335 e. The van der Waals surface area contributed by atoms with E-state index in [0.29, 0.717) is 24.0 Å². The normalized spacial score (nSPS) is 12.4. The molecule has 1 rings (SSSR count). The number of hydrogen-bond donors (Lipinski definition) is 2. The van der Waals surface area contributed by atoms with Crippen molar-refractivity contribution in [2.24, 2.45) is 10.7 Å². The third-order valence-corrected chi connectivity index (χ3v) is 5.02. The number of carbonyl (C=O) groups is 3. The van der Waals surface area contributed by atoms with Gasteiger partial charge in [0.2, 0.25) is 5.91 Å². The highest BCUT2D eigenvalue weighted by molar-refractivity contribution is 8.13. The van der Waals surface area contributed by atoms with Gasteiger partial charge in [-0.15, -0.1) is 11.8 Å². The maximum atomic E-state index is 14.3. The summed E-state index contributed by atoms with van der Waals surface area (Å²) in [5, 5.41) is 2.76. The number of nitrogens with zero attached hydrogens (tertiary/aromatic N) is 1. The first-order valence-corrected chi connectivity index (χ1v) is 10.9. The van der Waals surface area contributed by atoms with E-state index in [1.54, 1.807) is 6.92 Å². The van der Waals surface area contributed by atoms with Gasteiger partial charge in [0, 0.05) is 30.5 Å². The lowest BCUT2D eigenvalue weighted by atomic mass is 9.94. The molecule has 0 fully saturated rings. The molecule has 0 saturated heterocycles. The summed E-state index contributed by atoms with van der Waals surface area (Å²) in [5.74, 6) is -11.7. The Kier molecular flexibility index (Phi) is 12.6. The van der Waals surface area contributed by atoms with Gasteiger partial charge in [-0.05, 0) is 20.3 Å². The van der Waals surface area contributed by atoms with Gasteiger partial charge in [-0.25, -0.2) is 22.4 Å². The van der Waals surface area contributed by atoms with Gasteiger partial charge in [-0.3, -0.25) is 14.6 Å². The van der Waals surface area contributed by atoms with Crippen molar-refractivity contribution in [2.45, 2.75) is 26.2 Å². The Morgan fingerprint density at radius 1 is 1.18 bits per heavy atom. The average Bonchev–Trinajstić information content (AvgIpc) is 2.77. The predicted molar refractivity (Wildman–Crippen MR) is 114 cm³/mol. The molecule has 1 unspecified atom stereocenters. The van der Waals surface area contributed by atoms with Crippen molar-refractivity contribution < 1.29 is 41.4 Å². The van der Waals surface area contributed by atoms with Crippen LogP contribution in [0.5, 0.6) is 0 Å². The van der Waals surface area contributed by atoms with Gasteiger partial charge in [-0.2, -0.15) is 0 Å². The van der Waals surface area contributed by atoms with Crippen LogP contribution in [-0.4, -0.2) is 61.5 Å². The minimum Gasteiger partial charge on any atom is -0.391 e. The van der Waals surface area contributed by atoms with E-state index in [-0.39, 0.29) is 12.6 Å². The third kappa shape index (κ3) is 9.48. The monoisotopic (exact) mass is 495 g/mol. The quantitative estimate of drug-likeness (QED) is 0.0866. The molecule has 0 heterocycles. The van der Waals surface area contributed by atoms with Crippen LogP contribution in [0, 0.1) is 23.3 Å². The summed E-state index contributed by atoms with van der Waals surface area (Å²) in [6.45, 7) is 3.18. The number of halogens is 4. The van der Waals surface area contributed by atoms with Crippen LogP contribution in [0.2, 0.25) is 0 Å². The fourth-order valence-electron chi connectivity index (χ4n) is 2.54. The van der Waals surface area contributed by atoms with Crippen molar-refractivity contribution in [2.75, 3.05) is 38.6 Å². The van der Waals surface area contributed by atoms with Gasteiger partial charge in [-0.1, -0.05) is 0 Å². The zero-order chi connectivity index (χ0) is 25.0. The van der Waals surface area contributed by atoms with Gasteiger partial charge in [0.25, 0.3) is 0 Å². The first-order valence-electron chi connectivity index (χ1n) is 9.88. The molecule has 0 aliphatic heterocycles. The minimum atomic E-state index is -1.93. The van der Waals surface area contributed by atoms with E-state index in [2.05, 4.69) is 15.0 Å². The number of aliphatic imine (C=N–C) groups is 1. The molecule has 3 N–H and O–H groups in total. The molecule has 0 aliphatic rings. The minimum absolute atomic E-state index is 0.0153. The number of esters is 2. The molecule has 1 aromatic carbocycles. The lowest BCUT2D eigenvalue weighted by Crippen LogP contribution is -2.33. The van der Waals surface area contributed by atoms with Crippen molar-refractivity contribution in [3.05, 3.63) is 34.9 Å². The number of nitrogens with two attached hydrogens (primary N) is 1. The van der Waals surface area contributed by atoms with Crippen molar-refractivity contribution in [3.63, 3.8) is 0 Å². The van der Waals surface area contributed by atoms with E-state index in [1.165, 1.54) is 11.8 Å². The molecular weight excluding hydrogens is 470 g/mol. The molecule has 0 aliphatic carbocycles. The van der Waals surface area contributed by atoms with Crippen molar-refractivity contribution in [1.29, 1.82) is 0 Å². The van der Waals surface area contributed by atoms with Crippen LogP contribution in [0.15, 0.2) is 11.1 Å². The van der Waals surface area contributed by atoms with Crippen LogP contribution >= 0.6 is 11.8 Å². The summed E-state index contributed by atoms with van der Waals surface area (Å²) < 4.78 is 65.6. The summed E-state index contributed by atoms with van der Waals surface area (Å²) in [5.41, 5.74) is 3.88. The largest absolute Gasteiger partial charge is 0.391 e. The average molecular weight is 495 g/mol. The Hall–Kier alpha value is -2.51. The zero-order valence-corrected chi connectivity index (χ0v) is 18.9. The Morgan fingerprint density at radius 2 is 1.82 bits per heavy atom. The number of benzene rings is 1.